The zero-order chi connectivity index (χ0) is 57.0. The third-order valence-corrected chi connectivity index (χ3v) is 14.3. The molecule has 8 aromatic rings. The molecule has 2 aromatic carbocycles. The van der Waals surface area contributed by atoms with Crippen LogP contribution >= 0.6 is 0 Å². The predicted molar refractivity (Wildman–Crippen MR) is 300 cm³/mol. The fourth-order valence-corrected chi connectivity index (χ4v) is 10.5. The van der Waals surface area contributed by atoms with E-state index in [4.69, 9.17) is 9.47 Å². The molecule has 10 rings (SSSR count). The number of ether oxygens (including phenoxy) is 2. The maximum Gasteiger partial charge on any atom is 0.229 e. The van der Waals surface area contributed by atoms with E-state index >= 15 is 4.39 Å². The number of fused-ring (bicyclic) bond motifs is 2. The van der Waals surface area contributed by atoms with Gasteiger partial charge >= 0.3 is 0 Å². The van der Waals surface area contributed by atoms with Gasteiger partial charge in [0.1, 0.15) is 52.0 Å². The molecule has 0 amide bonds. The number of carbonyl (C=O) groups is 1. The lowest BCUT2D eigenvalue weighted by atomic mass is 9.99. The number of pyridine rings is 2. The number of carbonyl (C=O) groups excluding carboxylic acids is 1. The minimum absolute atomic E-state index is 0.00119. The molecule has 6 aromatic heterocycles. The van der Waals surface area contributed by atoms with Gasteiger partial charge in [-0.25, -0.2) is 57.4 Å². The number of aldehydes is 1. The number of benzene rings is 2. The van der Waals surface area contributed by atoms with Gasteiger partial charge in [-0.15, -0.1) is 0 Å². The van der Waals surface area contributed by atoms with Crippen molar-refractivity contribution >= 4 is 51.9 Å². The van der Waals surface area contributed by atoms with Crippen LogP contribution in [-0.2, 0) is 27.4 Å². The number of hydrogen-bond donors (Lipinski definition) is 2. The van der Waals surface area contributed by atoms with Crippen molar-refractivity contribution in [2.75, 3.05) is 70.7 Å². The Morgan fingerprint density at radius 1 is 0.625 bits per heavy atom. The zero-order valence-corrected chi connectivity index (χ0v) is 47.0. The summed E-state index contributed by atoms with van der Waals surface area (Å²) in [6, 6.07) is 13.6. The molecular weight excluding hydrogens is 1030 g/mol. The molecule has 2 aliphatic heterocycles. The summed E-state index contributed by atoms with van der Waals surface area (Å²) in [5.41, 5.74) is 3.67. The molecule has 22 heteroatoms. The zero-order valence-electron chi connectivity index (χ0n) is 47.0. The second-order valence-corrected chi connectivity index (χ2v) is 22.0. The number of imidazole rings is 2. The molecule has 8 heterocycles. The van der Waals surface area contributed by atoms with Crippen LogP contribution in [0.5, 0.6) is 0 Å². The fourth-order valence-electron chi connectivity index (χ4n) is 10.5. The first-order valence-corrected chi connectivity index (χ1v) is 26.8. The Morgan fingerprint density at radius 2 is 1.07 bits per heavy atom. The number of morpholine rings is 2. The topological polar surface area (TPSA) is 182 Å². The molecule has 422 valence electrons. The van der Waals surface area contributed by atoms with Crippen LogP contribution in [0.4, 0.5) is 41.1 Å². The van der Waals surface area contributed by atoms with Crippen LogP contribution in [0.1, 0.15) is 89.2 Å². The van der Waals surface area contributed by atoms with Crippen molar-refractivity contribution in [3.8, 4) is 22.5 Å². The summed E-state index contributed by atoms with van der Waals surface area (Å²) in [6.45, 7) is 22.6. The molecule has 0 spiro atoms. The quantitative estimate of drug-likeness (QED) is 0.0648. The number of aromatic nitrogens is 10. The number of anilines is 4. The minimum atomic E-state index is -0.665. The molecule has 2 fully saturated rings. The largest absolute Gasteiger partial charge is 0.373 e. The van der Waals surface area contributed by atoms with E-state index in [2.05, 4.69) is 86.2 Å². The molecule has 0 bridgehead atoms. The van der Waals surface area contributed by atoms with Gasteiger partial charge in [-0.2, -0.15) is 0 Å². The van der Waals surface area contributed by atoms with E-state index in [-0.39, 0.29) is 52.0 Å². The van der Waals surface area contributed by atoms with Gasteiger partial charge in [0.05, 0.1) is 47.8 Å². The van der Waals surface area contributed by atoms with E-state index in [1.54, 1.807) is 24.4 Å². The maximum atomic E-state index is 15.0. The average molecular weight is 1100 g/mol. The van der Waals surface area contributed by atoms with Crippen LogP contribution in [0, 0.1) is 37.1 Å². The number of rotatable bonds is 17. The second-order valence-electron chi connectivity index (χ2n) is 22.0. The molecular formula is C58H69F4N15O3. The predicted octanol–water partition coefficient (Wildman–Crippen LogP) is 10.3. The van der Waals surface area contributed by atoms with Crippen molar-refractivity contribution in [2.45, 2.75) is 105 Å². The summed E-state index contributed by atoms with van der Waals surface area (Å²) >= 11 is 0. The summed E-state index contributed by atoms with van der Waals surface area (Å²) < 4.78 is 75.4. The molecule has 2 aliphatic rings. The standard InChI is InChI=1S/C30H38F2N8O.C28H31F2N7O2/c1-19(2)40-20(3)35-28-23(31)13-22(14-25(28)40)27-24(32)16-34-29(37-27)36-26-8-7-21(15-33-26)17-39-11-12-41-30(4,18-39)9-10-38(5)6;1-17(2)37-18(3)33-26-21(29)11-20(12-23(26)37)25-22(30)14-32-27(35-25)34-24-6-5-19(13-31-24)15-36-8-10-39-28(4,16-36)7-9-38/h7-8,13-16,19H,9-12,17-18H2,1-6H3,(H,33,34,36,37);5-6,9,11-14,17H,7-8,10,15-16H2,1-4H3,(H,31,32,34,35)/t30-;28-/m00/s1. The molecule has 0 unspecified atom stereocenters. The highest BCUT2D eigenvalue weighted by Gasteiger charge is 2.33. The molecule has 80 heavy (non-hydrogen) atoms. The maximum absolute atomic E-state index is 15.0. The lowest BCUT2D eigenvalue weighted by Gasteiger charge is -2.41. The van der Waals surface area contributed by atoms with Crippen LogP contribution in [0.25, 0.3) is 44.6 Å². The Bertz CT molecular complexity index is 3480. The molecule has 2 atom stereocenters. The third-order valence-electron chi connectivity index (χ3n) is 14.3. The number of aryl methyl sites for hydroxylation is 2. The van der Waals surface area contributed by atoms with E-state index in [0.717, 1.165) is 69.0 Å². The van der Waals surface area contributed by atoms with Crippen molar-refractivity contribution in [3.05, 3.63) is 119 Å². The normalized spacial score (nSPS) is 18.1. The first kappa shape index (κ1) is 57.3. The van der Waals surface area contributed by atoms with Gasteiger partial charge in [0.15, 0.2) is 23.3 Å². The van der Waals surface area contributed by atoms with Gasteiger partial charge < -0.3 is 38.9 Å². The summed E-state index contributed by atoms with van der Waals surface area (Å²) in [5.74, 6) is 0.315. The van der Waals surface area contributed by atoms with E-state index < -0.39 is 28.9 Å². The van der Waals surface area contributed by atoms with Crippen molar-refractivity contribution in [2.24, 2.45) is 0 Å². The summed E-state index contributed by atoms with van der Waals surface area (Å²) in [6.07, 6.45) is 7.92. The van der Waals surface area contributed by atoms with E-state index in [0.29, 0.717) is 78.2 Å². The lowest BCUT2D eigenvalue weighted by Crippen LogP contribution is -2.50. The van der Waals surface area contributed by atoms with Crippen LogP contribution < -0.4 is 10.6 Å². The minimum Gasteiger partial charge on any atom is -0.373 e. The molecule has 0 saturated carbocycles. The number of halogens is 4. The Balaban J connectivity index is 0.000000194. The van der Waals surface area contributed by atoms with E-state index in [9.17, 15) is 18.0 Å². The van der Waals surface area contributed by atoms with Gasteiger partial charge in [-0.1, -0.05) is 12.1 Å². The van der Waals surface area contributed by atoms with Gasteiger partial charge in [-0.3, -0.25) is 9.80 Å². The highest BCUT2D eigenvalue weighted by atomic mass is 19.1. The van der Waals surface area contributed by atoms with E-state index in [1.807, 2.05) is 82.0 Å². The summed E-state index contributed by atoms with van der Waals surface area (Å²) in [7, 11) is 4.15. The highest BCUT2D eigenvalue weighted by molar-refractivity contribution is 5.84. The molecule has 18 nitrogen and oxygen atoms in total. The van der Waals surface area contributed by atoms with Crippen LogP contribution in [0.15, 0.2) is 73.3 Å². The number of nitrogens with zero attached hydrogens (tertiary/aromatic N) is 13. The highest BCUT2D eigenvalue weighted by Crippen LogP contribution is 2.33. The molecule has 0 radical (unpaired) electrons. The van der Waals surface area contributed by atoms with Gasteiger partial charge in [-0.05, 0) is 123 Å². The Morgan fingerprint density at radius 3 is 1.49 bits per heavy atom. The summed E-state index contributed by atoms with van der Waals surface area (Å²) in [5, 5.41) is 6.05. The first-order valence-electron chi connectivity index (χ1n) is 26.8. The van der Waals surface area contributed by atoms with Crippen LogP contribution in [-0.4, -0.2) is 141 Å². The Kier molecular flexibility index (Phi) is 17.3. The number of nitrogens with one attached hydrogen (secondary N) is 2. The van der Waals surface area contributed by atoms with Crippen molar-refractivity contribution in [1.82, 2.24) is 63.7 Å². The summed E-state index contributed by atoms with van der Waals surface area (Å²) in [4.78, 5) is 52.3. The van der Waals surface area contributed by atoms with Crippen LogP contribution in [0.3, 0.4) is 0 Å². The van der Waals surface area contributed by atoms with Gasteiger partial charge in [0.2, 0.25) is 11.9 Å². The fraction of sp³-hybridized carbons (Fsp3) is 0.431. The SMILES string of the molecule is Cc1nc2c(F)cc(-c3nc(Nc4ccc(CN5CCO[C@@](C)(CC=O)C5)cn4)ncc3F)cc2n1C(C)C.Cc1nc2c(F)cc(-c3nc(Nc4ccc(CN5CCO[C@@](C)(CCN(C)C)C5)cn4)ncc3F)cc2n1C(C)C. The molecule has 2 N–H and O–H groups in total. The molecule has 2 saturated heterocycles. The van der Waals surface area contributed by atoms with Crippen LogP contribution in [0.2, 0.25) is 0 Å². The van der Waals surface area contributed by atoms with Crippen molar-refractivity contribution in [3.63, 3.8) is 0 Å². The van der Waals surface area contributed by atoms with Gasteiger partial charge in [0.25, 0.3) is 0 Å². The monoisotopic (exact) mass is 1100 g/mol. The van der Waals surface area contributed by atoms with Crippen molar-refractivity contribution in [1.29, 1.82) is 0 Å². The lowest BCUT2D eigenvalue weighted by molar-refractivity contribution is -0.126. The first-order chi connectivity index (χ1) is 38.2. The second kappa shape index (κ2) is 24.2. The third kappa shape index (κ3) is 13.3. The van der Waals surface area contributed by atoms with Crippen molar-refractivity contribution < 1.29 is 31.8 Å². The Labute approximate surface area is 463 Å². The smallest absolute Gasteiger partial charge is 0.229 e. The number of hydrogen-bond acceptors (Lipinski definition) is 16. The average Bonchev–Trinajstić information content (AvgIpc) is 3.97. The van der Waals surface area contributed by atoms with Gasteiger partial charge in [0, 0.05) is 87.8 Å². The van der Waals surface area contributed by atoms with E-state index in [1.165, 1.54) is 12.1 Å². The molecule has 0 aliphatic carbocycles. The Hall–Kier alpha value is -7.37.